The molecule has 1 N–H and O–H groups in total. The molecule has 2 aromatic heterocycles. The van der Waals surface area contributed by atoms with E-state index in [-0.39, 0.29) is 12.5 Å². The average Bonchev–Trinajstić information content (AvgIpc) is 3.12. The number of carbonyl (C=O) groups is 1. The fourth-order valence-corrected chi connectivity index (χ4v) is 3.95. The van der Waals surface area contributed by atoms with Gasteiger partial charge in [0.05, 0.1) is 0 Å². The zero-order valence-electron chi connectivity index (χ0n) is 15.0. The molecule has 140 valence electrons. The summed E-state index contributed by atoms with van der Waals surface area (Å²) in [6.45, 7) is 1.86. The van der Waals surface area contributed by atoms with Crippen LogP contribution in [0.1, 0.15) is 5.56 Å². The van der Waals surface area contributed by atoms with Crippen LogP contribution in [0, 0.1) is 6.92 Å². The van der Waals surface area contributed by atoms with Crippen LogP contribution in [0.25, 0.3) is 20.9 Å². The van der Waals surface area contributed by atoms with Gasteiger partial charge in [0.15, 0.2) is 6.61 Å². The largest absolute Gasteiger partial charge is 0.484 e. The van der Waals surface area contributed by atoms with E-state index >= 15 is 0 Å². The molecule has 2 aromatic carbocycles. The molecule has 7 heteroatoms. The molecule has 0 unspecified atom stereocenters. The van der Waals surface area contributed by atoms with E-state index in [4.69, 9.17) is 16.3 Å². The molecule has 0 aliphatic heterocycles. The Hall–Kier alpha value is -2.96. The fraction of sp³-hybridized carbons (Fsp3) is 0.0952. The number of anilines is 1. The van der Waals surface area contributed by atoms with Crippen molar-refractivity contribution in [2.24, 2.45) is 0 Å². The summed E-state index contributed by atoms with van der Waals surface area (Å²) in [5.74, 6) is 0.307. The van der Waals surface area contributed by atoms with Crippen molar-refractivity contribution in [1.82, 2.24) is 9.97 Å². The van der Waals surface area contributed by atoms with Gasteiger partial charge in [-0.15, -0.1) is 0 Å². The summed E-state index contributed by atoms with van der Waals surface area (Å²) in [5.41, 5.74) is 3.50. The summed E-state index contributed by atoms with van der Waals surface area (Å²) in [6.07, 6.45) is 1.76. The number of halogens is 1. The van der Waals surface area contributed by atoms with Crippen LogP contribution in [-0.2, 0) is 4.79 Å². The Morgan fingerprint density at radius 1 is 1.18 bits per heavy atom. The van der Waals surface area contributed by atoms with E-state index in [0.29, 0.717) is 10.8 Å². The van der Waals surface area contributed by atoms with E-state index in [1.807, 2.05) is 37.3 Å². The molecule has 0 radical (unpaired) electrons. The van der Waals surface area contributed by atoms with Crippen molar-refractivity contribution in [3.8, 4) is 16.3 Å². The minimum absolute atomic E-state index is 0.102. The maximum atomic E-state index is 12.3. The van der Waals surface area contributed by atoms with Crippen LogP contribution in [0.2, 0.25) is 5.02 Å². The summed E-state index contributed by atoms with van der Waals surface area (Å²) in [6, 6.07) is 16.5. The molecule has 0 saturated heterocycles. The van der Waals surface area contributed by atoms with E-state index in [0.717, 1.165) is 32.2 Å². The first-order valence-electron chi connectivity index (χ1n) is 8.60. The highest BCUT2D eigenvalue weighted by molar-refractivity contribution is 7.21. The van der Waals surface area contributed by atoms with Crippen molar-refractivity contribution in [2.75, 3.05) is 11.9 Å². The first kappa shape index (κ1) is 18.4. The number of thiazole rings is 1. The van der Waals surface area contributed by atoms with E-state index in [9.17, 15) is 4.79 Å². The van der Waals surface area contributed by atoms with Crippen molar-refractivity contribution < 1.29 is 9.53 Å². The number of nitrogens with zero attached hydrogens (tertiary/aromatic N) is 2. The van der Waals surface area contributed by atoms with Crippen molar-refractivity contribution in [2.45, 2.75) is 6.92 Å². The molecule has 4 aromatic rings. The smallest absolute Gasteiger partial charge is 0.262 e. The molecule has 4 rings (SSSR count). The molecule has 0 fully saturated rings. The third-order valence-electron chi connectivity index (χ3n) is 4.17. The number of hydrogen-bond acceptors (Lipinski definition) is 5. The van der Waals surface area contributed by atoms with Gasteiger partial charge < -0.3 is 10.1 Å². The van der Waals surface area contributed by atoms with Gasteiger partial charge in [0.25, 0.3) is 5.91 Å². The third kappa shape index (κ3) is 3.98. The Morgan fingerprint density at radius 2 is 2.04 bits per heavy atom. The van der Waals surface area contributed by atoms with Gasteiger partial charge in [-0.3, -0.25) is 4.79 Å². The number of pyridine rings is 1. The van der Waals surface area contributed by atoms with Gasteiger partial charge in [0.2, 0.25) is 0 Å². The molecule has 1 amide bonds. The number of hydrogen-bond donors (Lipinski definition) is 1. The number of nitrogens with one attached hydrogen (secondary N) is 1. The highest BCUT2D eigenvalue weighted by atomic mass is 35.5. The van der Waals surface area contributed by atoms with Crippen LogP contribution in [0.15, 0.2) is 60.8 Å². The van der Waals surface area contributed by atoms with Gasteiger partial charge in [0, 0.05) is 22.5 Å². The number of aromatic nitrogens is 2. The standard InChI is InChI=1S/C21H16ClN3O2S/c1-13-16(20-25-18-9-4-10-23-21(18)28-20)7-3-8-17(13)24-19(26)12-27-15-6-2-5-14(22)11-15/h2-11H,12H2,1H3,(H,24,26). The normalized spacial score (nSPS) is 10.8. The Morgan fingerprint density at radius 3 is 2.86 bits per heavy atom. The lowest BCUT2D eigenvalue weighted by molar-refractivity contribution is -0.118. The number of amides is 1. The summed E-state index contributed by atoms with van der Waals surface area (Å²) >= 11 is 7.45. The summed E-state index contributed by atoms with van der Waals surface area (Å²) in [5, 5.41) is 4.34. The Labute approximate surface area is 171 Å². The molecule has 0 aliphatic carbocycles. The molecule has 0 spiro atoms. The van der Waals surface area contributed by atoms with Crippen LogP contribution in [-0.4, -0.2) is 22.5 Å². The second kappa shape index (κ2) is 7.96. The second-order valence-electron chi connectivity index (χ2n) is 6.12. The average molecular weight is 410 g/mol. The maximum absolute atomic E-state index is 12.3. The molecular formula is C21H16ClN3O2S. The highest BCUT2D eigenvalue weighted by Crippen LogP contribution is 2.33. The predicted octanol–water partition coefficient (Wildman–Crippen LogP) is 5.34. The summed E-state index contributed by atoms with van der Waals surface area (Å²) in [7, 11) is 0. The monoisotopic (exact) mass is 409 g/mol. The minimum atomic E-state index is -0.244. The number of ether oxygens (including phenoxy) is 1. The topological polar surface area (TPSA) is 64.1 Å². The minimum Gasteiger partial charge on any atom is -0.484 e. The van der Waals surface area contributed by atoms with Gasteiger partial charge in [-0.05, 0) is 48.9 Å². The molecule has 0 atom stereocenters. The zero-order valence-corrected chi connectivity index (χ0v) is 16.6. The van der Waals surface area contributed by atoms with Gasteiger partial charge >= 0.3 is 0 Å². The van der Waals surface area contributed by atoms with Crippen LogP contribution in [0.3, 0.4) is 0 Å². The number of rotatable bonds is 5. The molecule has 0 saturated carbocycles. The zero-order chi connectivity index (χ0) is 19.5. The SMILES string of the molecule is Cc1c(NC(=O)COc2cccc(Cl)c2)cccc1-c1nc2cccnc2s1. The number of carbonyl (C=O) groups excluding carboxylic acids is 1. The van der Waals surface area contributed by atoms with Gasteiger partial charge in [-0.25, -0.2) is 9.97 Å². The van der Waals surface area contributed by atoms with Crippen molar-refractivity contribution in [1.29, 1.82) is 0 Å². The van der Waals surface area contributed by atoms with Gasteiger partial charge in [0.1, 0.15) is 21.1 Å². The lowest BCUT2D eigenvalue weighted by Crippen LogP contribution is -2.20. The van der Waals surface area contributed by atoms with Crippen LogP contribution >= 0.6 is 22.9 Å². The molecule has 5 nitrogen and oxygen atoms in total. The highest BCUT2D eigenvalue weighted by Gasteiger charge is 2.13. The van der Waals surface area contributed by atoms with Crippen LogP contribution in [0.4, 0.5) is 5.69 Å². The molecular weight excluding hydrogens is 394 g/mol. The fourth-order valence-electron chi connectivity index (χ4n) is 2.78. The van der Waals surface area contributed by atoms with E-state index < -0.39 is 0 Å². The van der Waals surface area contributed by atoms with Crippen molar-refractivity contribution in [3.63, 3.8) is 0 Å². The molecule has 2 heterocycles. The lowest BCUT2D eigenvalue weighted by Gasteiger charge is -2.12. The Kier molecular flexibility index (Phi) is 5.23. The molecule has 0 aliphatic rings. The van der Waals surface area contributed by atoms with Gasteiger partial charge in [-0.2, -0.15) is 0 Å². The van der Waals surface area contributed by atoms with Crippen LogP contribution < -0.4 is 10.1 Å². The van der Waals surface area contributed by atoms with E-state index in [1.165, 1.54) is 11.3 Å². The van der Waals surface area contributed by atoms with Crippen molar-refractivity contribution >= 4 is 44.9 Å². The van der Waals surface area contributed by atoms with Gasteiger partial charge in [-0.1, -0.05) is 41.1 Å². The second-order valence-corrected chi connectivity index (χ2v) is 7.53. The summed E-state index contributed by atoms with van der Waals surface area (Å²) < 4.78 is 5.50. The third-order valence-corrected chi connectivity index (χ3v) is 5.42. The first-order valence-corrected chi connectivity index (χ1v) is 9.79. The van der Waals surface area contributed by atoms with Crippen LogP contribution in [0.5, 0.6) is 5.75 Å². The first-order chi connectivity index (χ1) is 13.6. The van der Waals surface area contributed by atoms with E-state index in [2.05, 4.69) is 15.3 Å². The lowest BCUT2D eigenvalue weighted by atomic mass is 10.1. The molecule has 0 bridgehead atoms. The Balaban J connectivity index is 1.51. The Bertz CT molecular complexity index is 1130. The molecule has 28 heavy (non-hydrogen) atoms. The number of benzene rings is 2. The van der Waals surface area contributed by atoms with Crippen molar-refractivity contribution in [3.05, 3.63) is 71.4 Å². The number of fused-ring (bicyclic) bond motifs is 1. The predicted molar refractivity (Wildman–Crippen MR) is 113 cm³/mol. The maximum Gasteiger partial charge on any atom is 0.262 e. The van der Waals surface area contributed by atoms with E-state index in [1.54, 1.807) is 30.5 Å². The quantitative estimate of drug-likeness (QED) is 0.483. The summed E-state index contributed by atoms with van der Waals surface area (Å²) in [4.78, 5) is 22.2.